The second kappa shape index (κ2) is 7.84. The third-order valence-corrected chi connectivity index (χ3v) is 6.40. The highest BCUT2D eigenvalue weighted by Gasteiger charge is 2.36. The Labute approximate surface area is 179 Å². The zero-order valence-corrected chi connectivity index (χ0v) is 18.2. The number of fused-ring (bicyclic) bond motifs is 1. The van der Waals surface area contributed by atoms with Crippen molar-refractivity contribution in [3.63, 3.8) is 0 Å². The van der Waals surface area contributed by atoms with Crippen LogP contribution in [0, 0.1) is 24.7 Å². The summed E-state index contributed by atoms with van der Waals surface area (Å²) in [5.74, 6) is 0.998. The van der Waals surface area contributed by atoms with Crippen molar-refractivity contribution in [2.75, 3.05) is 17.3 Å². The molecule has 6 nitrogen and oxygen atoms in total. The summed E-state index contributed by atoms with van der Waals surface area (Å²) < 4.78 is 39.6. The lowest BCUT2D eigenvalue weighted by Gasteiger charge is -2.39. The van der Waals surface area contributed by atoms with E-state index in [-0.39, 0.29) is 17.9 Å². The zero-order chi connectivity index (χ0) is 22.5. The van der Waals surface area contributed by atoms with E-state index in [0.29, 0.717) is 18.4 Å². The minimum absolute atomic E-state index is 0.00216. The second-order valence-electron chi connectivity index (χ2n) is 9.24. The summed E-state index contributed by atoms with van der Waals surface area (Å²) in [4.78, 5) is 22.7. The van der Waals surface area contributed by atoms with E-state index in [2.05, 4.69) is 16.4 Å². The largest absolute Gasteiger partial charge is 0.434 e. The molecule has 0 saturated heterocycles. The number of amides is 1. The first-order chi connectivity index (χ1) is 14.5. The summed E-state index contributed by atoms with van der Waals surface area (Å²) in [5, 5.41) is 3.01. The Morgan fingerprint density at radius 2 is 1.97 bits per heavy atom. The number of pyridine rings is 1. The molecule has 0 spiro atoms. The molecule has 0 aromatic carbocycles. The van der Waals surface area contributed by atoms with Gasteiger partial charge in [-0.2, -0.15) is 13.2 Å². The van der Waals surface area contributed by atoms with Crippen molar-refractivity contribution >= 4 is 17.3 Å². The Balaban J connectivity index is 1.39. The van der Waals surface area contributed by atoms with Crippen LogP contribution in [0.2, 0.25) is 0 Å². The van der Waals surface area contributed by atoms with Crippen molar-refractivity contribution in [3.8, 4) is 0 Å². The summed E-state index contributed by atoms with van der Waals surface area (Å²) in [5.41, 5.74) is 2.74. The third-order valence-electron chi connectivity index (χ3n) is 6.40. The van der Waals surface area contributed by atoms with Gasteiger partial charge in [-0.15, -0.1) is 0 Å². The van der Waals surface area contributed by atoms with Crippen LogP contribution in [0.15, 0.2) is 18.6 Å². The van der Waals surface area contributed by atoms with E-state index < -0.39 is 11.9 Å². The number of nitrogens with one attached hydrogen (secondary N) is 1. The maximum absolute atomic E-state index is 12.7. The zero-order valence-electron chi connectivity index (χ0n) is 18.2. The summed E-state index contributed by atoms with van der Waals surface area (Å²) in [6.45, 7) is 6.54. The summed E-state index contributed by atoms with van der Waals surface area (Å²) in [6.07, 6.45) is 0.689. The van der Waals surface area contributed by atoms with Crippen molar-refractivity contribution in [2.45, 2.75) is 58.8 Å². The van der Waals surface area contributed by atoms with E-state index in [4.69, 9.17) is 4.98 Å². The summed E-state index contributed by atoms with van der Waals surface area (Å²) in [6, 6.07) is 1.85. The Kier molecular flexibility index (Phi) is 5.47. The molecule has 1 N–H and O–H groups in total. The van der Waals surface area contributed by atoms with Crippen molar-refractivity contribution in [1.29, 1.82) is 0 Å². The number of aryl methyl sites for hydroxylation is 1. The molecule has 2 aliphatic rings. The van der Waals surface area contributed by atoms with Gasteiger partial charge in [0.25, 0.3) is 0 Å². The average Bonchev–Trinajstić information content (AvgIpc) is 3.10. The third kappa shape index (κ3) is 4.27. The molecule has 168 valence electrons. The van der Waals surface area contributed by atoms with Gasteiger partial charge in [0.05, 0.1) is 23.4 Å². The van der Waals surface area contributed by atoms with Crippen LogP contribution in [0.25, 0.3) is 0 Å². The fraction of sp³-hybridized carbons (Fsp3) is 0.591. The number of nitrogens with zero attached hydrogens (tertiary/aromatic N) is 4. The highest BCUT2D eigenvalue weighted by molar-refractivity contribution is 6.04. The minimum Gasteiger partial charge on any atom is -0.361 e. The quantitative estimate of drug-likeness (QED) is 0.761. The van der Waals surface area contributed by atoms with Gasteiger partial charge in [0.2, 0.25) is 5.91 Å². The van der Waals surface area contributed by atoms with Gasteiger partial charge in [-0.25, -0.2) is 4.98 Å². The molecule has 1 amide bonds. The van der Waals surface area contributed by atoms with Gasteiger partial charge in [0, 0.05) is 25.5 Å². The standard InChI is InChI=1S/C22H28F3N5O/c1-12(2)20-21(31)28-19-13(3)27-16(8-17(19)29(20)4)7-14-5-15(6-14)9-30-10-18(26-11-30)22(23,24)25/h8,10-12,14-15,20H,5-7,9H2,1-4H3,(H,28,31)/t14?,15?,20-/m0/s1. The van der Waals surface area contributed by atoms with Crippen LogP contribution in [-0.4, -0.2) is 33.5 Å². The van der Waals surface area contributed by atoms with Crippen LogP contribution >= 0.6 is 0 Å². The highest BCUT2D eigenvalue weighted by atomic mass is 19.4. The predicted molar refractivity (Wildman–Crippen MR) is 112 cm³/mol. The number of imidazole rings is 1. The second-order valence-corrected chi connectivity index (χ2v) is 9.24. The highest BCUT2D eigenvalue weighted by Crippen LogP contribution is 2.40. The number of halogens is 3. The molecule has 1 saturated carbocycles. The molecule has 31 heavy (non-hydrogen) atoms. The number of alkyl halides is 3. The summed E-state index contributed by atoms with van der Waals surface area (Å²) >= 11 is 0. The number of anilines is 2. The van der Waals surface area contributed by atoms with Crippen LogP contribution in [0.3, 0.4) is 0 Å². The van der Waals surface area contributed by atoms with Crippen LogP contribution in [0.4, 0.5) is 24.5 Å². The monoisotopic (exact) mass is 435 g/mol. The Morgan fingerprint density at radius 1 is 1.26 bits per heavy atom. The molecule has 0 unspecified atom stereocenters. The van der Waals surface area contributed by atoms with Crippen LogP contribution in [0.1, 0.15) is 43.8 Å². The van der Waals surface area contributed by atoms with Crippen molar-refractivity contribution in [3.05, 3.63) is 35.7 Å². The molecule has 1 fully saturated rings. The Morgan fingerprint density at radius 3 is 2.58 bits per heavy atom. The number of aromatic nitrogens is 3. The van der Waals surface area contributed by atoms with Crippen molar-refractivity contribution in [2.24, 2.45) is 17.8 Å². The number of hydrogen-bond acceptors (Lipinski definition) is 4. The first kappa shape index (κ1) is 21.6. The number of carbonyl (C=O) groups excluding carboxylic acids is 1. The van der Waals surface area contributed by atoms with E-state index in [9.17, 15) is 18.0 Å². The van der Waals surface area contributed by atoms with E-state index in [1.54, 1.807) is 0 Å². The van der Waals surface area contributed by atoms with Gasteiger partial charge in [-0.1, -0.05) is 13.8 Å². The average molecular weight is 435 g/mol. The van der Waals surface area contributed by atoms with Crippen molar-refractivity contribution in [1.82, 2.24) is 14.5 Å². The summed E-state index contributed by atoms with van der Waals surface area (Å²) in [7, 11) is 1.95. The molecule has 9 heteroatoms. The number of rotatable bonds is 5. The van der Waals surface area contributed by atoms with E-state index in [1.807, 2.05) is 32.7 Å². The molecular formula is C22H28F3N5O. The van der Waals surface area contributed by atoms with Gasteiger partial charge in [0.1, 0.15) is 6.04 Å². The first-order valence-corrected chi connectivity index (χ1v) is 10.7. The molecule has 1 atom stereocenters. The maximum atomic E-state index is 12.7. The van der Waals surface area contributed by atoms with Gasteiger partial charge in [0.15, 0.2) is 5.69 Å². The molecule has 3 heterocycles. The van der Waals surface area contributed by atoms with E-state index in [0.717, 1.165) is 48.2 Å². The van der Waals surface area contributed by atoms with Crippen molar-refractivity contribution < 1.29 is 18.0 Å². The van der Waals surface area contributed by atoms with Gasteiger partial charge < -0.3 is 14.8 Å². The van der Waals surface area contributed by atoms with Gasteiger partial charge in [-0.05, 0) is 50.0 Å². The molecule has 0 radical (unpaired) electrons. The molecule has 2 aromatic heterocycles. The topological polar surface area (TPSA) is 63.1 Å². The Bertz CT molecular complexity index is 978. The molecular weight excluding hydrogens is 407 g/mol. The smallest absolute Gasteiger partial charge is 0.361 e. The van der Waals surface area contributed by atoms with E-state index in [1.165, 1.54) is 10.9 Å². The number of carbonyl (C=O) groups is 1. The van der Waals surface area contributed by atoms with Gasteiger partial charge >= 0.3 is 6.18 Å². The SMILES string of the molecule is Cc1nc(CC2CC(Cn3cnc(C(F)(F)F)c3)C2)cc2c1NC(=O)[C@H](C(C)C)N2C. The molecule has 2 aromatic rings. The molecule has 1 aliphatic heterocycles. The Hall–Kier alpha value is -2.58. The van der Waals surface area contributed by atoms with Gasteiger partial charge in [-0.3, -0.25) is 9.78 Å². The van der Waals surface area contributed by atoms with E-state index >= 15 is 0 Å². The normalized spacial score (nSPS) is 23.5. The first-order valence-electron chi connectivity index (χ1n) is 10.7. The number of likely N-dealkylation sites (N-methyl/N-ethyl adjacent to an activating group) is 1. The fourth-order valence-corrected chi connectivity index (χ4v) is 4.92. The number of hydrogen-bond donors (Lipinski definition) is 1. The van der Waals surface area contributed by atoms with Crippen LogP contribution < -0.4 is 10.2 Å². The van der Waals surface area contributed by atoms with Crippen LogP contribution in [-0.2, 0) is 23.9 Å². The molecule has 1 aliphatic carbocycles. The maximum Gasteiger partial charge on any atom is 0.434 e. The van der Waals surface area contributed by atoms with Crippen LogP contribution in [0.5, 0.6) is 0 Å². The lowest BCUT2D eigenvalue weighted by Crippen LogP contribution is -2.49. The lowest BCUT2D eigenvalue weighted by molar-refractivity contribution is -0.141. The molecule has 0 bridgehead atoms. The fourth-order valence-electron chi connectivity index (χ4n) is 4.92. The lowest BCUT2D eigenvalue weighted by atomic mass is 9.72. The predicted octanol–water partition coefficient (Wildman–Crippen LogP) is 4.29. The molecule has 4 rings (SSSR count). The minimum atomic E-state index is -4.40.